The molecule has 3 aliphatic rings. The van der Waals surface area contributed by atoms with Crippen LogP contribution >= 0.6 is 0 Å². The fraction of sp³-hybridized carbons (Fsp3) is 0.0924. The van der Waals surface area contributed by atoms with Gasteiger partial charge in [0.15, 0.2) is 17.5 Å². The number of benzene rings is 16. The summed E-state index contributed by atoms with van der Waals surface area (Å²) >= 11 is 0. The quantitative estimate of drug-likeness (QED) is 0.135. The minimum Gasteiger partial charge on any atom is -0.309 e. The fourth-order valence-corrected chi connectivity index (χ4v) is 20.5. The fourth-order valence-electron chi connectivity index (χ4n) is 20.5. The molecule has 0 amide bonds. The Morgan fingerprint density at radius 2 is 0.523 bits per heavy atom. The Morgan fingerprint density at radius 1 is 0.195 bits per heavy atom. The molecule has 6 heterocycles. The Kier molecular flexibility index (Phi) is 19.5. The Labute approximate surface area is 746 Å². The summed E-state index contributed by atoms with van der Waals surface area (Å²) in [5, 5.41) is 7.66. The van der Waals surface area contributed by atoms with Crippen molar-refractivity contribution in [2.24, 2.45) is 0 Å². The lowest BCUT2D eigenvalue weighted by molar-refractivity contribution is 0.661. The molecule has 0 bridgehead atoms. The van der Waals surface area contributed by atoms with Crippen LogP contribution in [0, 0.1) is 0 Å². The maximum absolute atomic E-state index is 5.19. The average Bonchev–Trinajstić information content (AvgIpc) is 1.58. The third kappa shape index (κ3) is 13.0. The van der Waals surface area contributed by atoms with E-state index < -0.39 is 0 Å². The van der Waals surface area contributed by atoms with Gasteiger partial charge >= 0.3 is 0 Å². The van der Waals surface area contributed by atoms with Crippen molar-refractivity contribution in [3.63, 3.8) is 0 Å². The number of pyridine rings is 1. The minimum absolute atomic E-state index is 0. The van der Waals surface area contributed by atoms with Crippen molar-refractivity contribution in [2.45, 2.75) is 72.6 Å². The summed E-state index contributed by atoms with van der Waals surface area (Å²) in [6, 6.07) is 144. The van der Waals surface area contributed by atoms with Crippen LogP contribution < -0.4 is 0 Å². The number of hydrogen-bond acceptors (Lipinski definition) is 6. The molecule has 0 saturated carbocycles. The molecule has 25 rings (SSSR count). The van der Waals surface area contributed by atoms with E-state index in [0.29, 0.717) is 23.4 Å². The highest BCUT2D eigenvalue weighted by molar-refractivity contribution is 6.17. The Bertz CT molecular complexity index is 7590. The Morgan fingerprint density at radius 3 is 0.961 bits per heavy atom. The van der Waals surface area contributed by atoms with E-state index >= 15 is 0 Å². The molecule has 0 N–H and O–H groups in total. The maximum atomic E-state index is 5.19. The van der Waals surface area contributed by atoms with Crippen LogP contribution in [0.15, 0.2) is 406 Å². The van der Waals surface area contributed by atoms with Crippen molar-refractivity contribution >= 4 is 65.4 Å². The predicted octanol–water partition coefficient (Wildman–Crippen LogP) is 30.6. The normalized spacial score (nSPS) is 13.1. The van der Waals surface area contributed by atoms with Crippen molar-refractivity contribution in [2.75, 3.05) is 0 Å². The van der Waals surface area contributed by atoms with Gasteiger partial charge < -0.3 is 9.13 Å². The van der Waals surface area contributed by atoms with Crippen LogP contribution in [0.1, 0.15) is 89.8 Å². The molecule has 0 radical (unpaired) electrons. The van der Waals surface area contributed by atoms with Crippen LogP contribution in [0.4, 0.5) is 0 Å². The molecular weight excluding hydrogens is 1560 g/mol. The average molecular weight is 1650 g/mol. The summed E-state index contributed by atoms with van der Waals surface area (Å²) in [6.07, 6.45) is 0. The summed E-state index contributed by atoms with van der Waals surface area (Å²) in [5.41, 5.74) is 36.4. The first-order chi connectivity index (χ1) is 61.8. The smallest absolute Gasteiger partial charge is 0.235 e. The van der Waals surface area contributed by atoms with E-state index in [1.807, 2.05) is 72.8 Å². The summed E-state index contributed by atoms with van der Waals surface area (Å²) in [6.45, 7) is 14.1. The summed E-state index contributed by atoms with van der Waals surface area (Å²) in [4.78, 5) is 30.3. The van der Waals surface area contributed by atoms with Gasteiger partial charge in [0.25, 0.3) is 0 Å². The monoisotopic (exact) mass is 1650 g/mol. The van der Waals surface area contributed by atoms with Gasteiger partial charge in [-0.05, 0) is 152 Å². The summed E-state index contributed by atoms with van der Waals surface area (Å²) < 4.78 is 7.08. The van der Waals surface area contributed by atoms with Gasteiger partial charge in [-0.1, -0.05) is 378 Å². The SMILES string of the molecule is C.C.CC1(C)c2ccccc2-c2cc3c4ccccc4n(-c4ccc(-c5nc(-c6ccccc6)nc(-c6ccccc6)n5)cc4)c3cc21.CC1(C)c2ccccc2-c2ccc3c(c21)c1ccccc1n3-c1cc(-c2ccccc2)nc(-c2ccccc2)c1.CC1(C)c2ccccc2-c2ccc3c(c21)c1ccccc1n3-c1nc(-c2ccccc2)cc(-c2ccccc2)n1. The lowest BCUT2D eigenvalue weighted by atomic mass is 9.80. The van der Waals surface area contributed by atoms with Gasteiger partial charge in [-0.3, -0.25) is 4.57 Å². The first-order valence-corrected chi connectivity index (χ1v) is 43.4. The second kappa shape index (κ2) is 31.4. The van der Waals surface area contributed by atoms with Gasteiger partial charge in [0.2, 0.25) is 5.95 Å². The van der Waals surface area contributed by atoms with E-state index in [1.54, 1.807) is 0 Å². The third-order valence-corrected chi connectivity index (χ3v) is 26.4. The topological polar surface area (TPSA) is 92.1 Å². The largest absolute Gasteiger partial charge is 0.309 e. The highest BCUT2D eigenvalue weighted by Crippen LogP contribution is 2.57. The second-order valence-corrected chi connectivity index (χ2v) is 34.8. The molecule has 0 atom stereocenters. The maximum Gasteiger partial charge on any atom is 0.235 e. The molecule has 16 aromatic carbocycles. The van der Waals surface area contributed by atoms with E-state index in [0.717, 1.165) is 84.1 Å². The predicted molar refractivity (Wildman–Crippen MR) is 533 cm³/mol. The third-order valence-electron chi connectivity index (χ3n) is 26.4. The zero-order valence-electron chi connectivity index (χ0n) is 70.7. The standard InChI is InChI=1S/C42H30N4.C38H28N2.C37H27N3.2CH4/c1-42(2)35-19-11-9-17-31(35)33-25-34-32-18-10-12-20-37(32)46(38(34)26-36(33)42)30-23-21-29(22-24-30)41-44-39(27-13-5-3-6-14-27)43-40(45-41)28-15-7-4-8-16-28;1-38(2)31-19-11-9-17-28(31)29-21-22-35-36(37(29)38)30-18-10-12-20-34(30)40(35)27-23-32(25-13-5-3-6-14-25)39-33(24-27)26-15-7-4-8-16-26;1-37(2)29-19-11-9-17-26(29)27-21-22-33-34(35(27)37)28-18-10-12-20-32(28)40(33)36-38-30(24-13-5-3-6-14-24)23-31(39-36)25-15-7-4-8-16-25;;/h3-26H,1-2H3;3-24H,1-2H3;3-23H,1-2H3;2*1H4. The molecule has 0 saturated heterocycles. The van der Waals surface area contributed by atoms with Crippen LogP contribution in [0.3, 0.4) is 0 Å². The van der Waals surface area contributed by atoms with E-state index in [4.69, 9.17) is 29.9 Å². The molecule has 3 aliphatic carbocycles. The zero-order valence-corrected chi connectivity index (χ0v) is 70.7. The lowest BCUT2D eigenvalue weighted by Gasteiger charge is -2.22. The van der Waals surface area contributed by atoms with E-state index in [1.165, 1.54) is 121 Å². The molecule has 6 aromatic heterocycles. The Hall–Kier alpha value is -15.8. The molecule has 614 valence electrons. The highest BCUT2D eigenvalue weighted by atomic mass is 15.2. The Balaban J connectivity index is 0.000000116. The lowest BCUT2D eigenvalue weighted by Crippen LogP contribution is -2.15. The number of fused-ring (bicyclic) bond motifs is 20. The molecule has 0 unspecified atom stereocenters. The van der Waals surface area contributed by atoms with Crippen LogP contribution in [-0.4, -0.2) is 43.6 Å². The van der Waals surface area contributed by atoms with Crippen molar-refractivity contribution in [3.8, 4) is 130 Å². The first-order valence-electron chi connectivity index (χ1n) is 43.4. The van der Waals surface area contributed by atoms with Crippen molar-refractivity contribution in [1.29, 1.82) is 0 Å². The number of nitrogens with zero attached hydrogens (tertiary/aromatic N) is 9. The van der Waals surface area contributed by atoms with Crippen molar-refractivity contribution in [1.82, 2.24) is 43.6 Å². The van der Waals surface area contributed by atoms with E-state index in [2.05, 4.69) is 389 Å². The first kappa shape index (κ1) is 79.3. The van der Waals surface area contributed by atoms with Crippen molar-refractivity contribution < 1.29 is 0 Å². The summed E-state index contributed by atoms with van der Waals surface area (Å²) in [5.74, 6) is 2.65. The van der Waals surface area contributed by atoms with Gasteiger partial charge in [0.05, 0.1) is 61.6 Å². The number of aromatic nitrogens is 9. The van der Waals surface area contributed by atoms with Crippen LogP contribution in [-0.2, 0) is 16.2 Å². The van der Waals surface area contributed by atoms with Crippen LogP contribution in [0.5, 0.6) is 0 Å². The molecule has 9 heteroatoms. The van der Waals surface area contributed by atoms with Gasteiger partial charge in [0, 0.05) is 93.2 Å². The molecule has 9 nitrogen and oxygen atoms in total. The van der Waals surface area contributed by atoms with Crippen molar-refractivity contribution in [3.05, 3.63) is 440 Å². The number of hydrogen-bond donors (Lipinski definition) is 0. The highest BCUT2D eigenvalue weighted by Gasteiger charge is 2.41. The molecule has 22 aromatic rings. The van der Waals surface area contributed by atoms with E-state index in [9.17, 15) is 0 Å². The van der Waals surface area contributed by atoms with Crippen LogP contribution in [0.2, 0.25) is 0 Å². The molecule has 0 spiro atoms. The molecular formula is C119H93N9. The molecule has 0 fully saturated rings. The number of para-hydroxylation sites is 3. The van der Waals surface area contributed by atoms with Gasteiger partial charge in [-0.25, -0.2) is 29.9 Å². The number of rotatable bonds is 10. The van der Waals surface area contributed by atoms with Gasteiger partial charge in [-0.15, -0.1) is 0 Å². The molecule has 0 aliphatic heterocycles. The summed E-state index contributed by atoms with van der Waals surface area (Å²) in [7, 11) is 0. The zero-order chi connectivity index (χ0) is 84.5. The second-order valence-electron chi connectivity index (χ2n) is 34.8. The molecule has 128 heavy (non-hydrogen) atoms. The minimum atomic E-state index is -0.123. The van der Waals surface area contributed by atoms with Gasteiger partial charge in [0.1, 0.15) is 0 Å². The van der Waals surface area contributed by atoms with Crippen LogP contribution in [0.25, 0.3) is 195 Å². The van der Waals surface area contributed by atoms with Gasteiger partial charge in [-0.2, -0.15) is 0 Å². The van der Waals surface area contributed by atoms with E-state index in [-0.39, 0.29) is 31.1 Å².